The SMILES string of the molecule is CC(=O)N1CCC[C@H]1[C@@H]1CCCN1c1c(C#N)c(=O)n(C)c(=O)n1C. The van der Waals surface area contributed by atoms with Crippen molar-refractivity contribution in [1.82, 2.24) is 14.0 Å². The van der Waals surface area contributed by atoms with E-state index < -0.39 is 11.2 Å². The second-order valence-corrected chi connectivity index (χ2v) is 6.84. The van der Waals surface area contributed by atoms with Crippen LogP contribution in [0.3, 0.4) is 0 Å². The lowest BCUT2D eigenvalue weighted by molar-refractivity contribution is -0.129. The minimum atomic E-state index is -0.568. The van der Waals surface area contributed by atoms with E-state index in [-0.39, 0.29) is 23.6 Å². The summed E-state index contributed by atoms with van der Waals surface area (Å²) in [5.41, 5.74) is -1.02. The molecule has 0 aliphatic carbocycles. The van der Waals surface area contributed by atoms with Crippen LogP contribution < -0.4 is 16.1 Å². The molecule has 1 amide bonds. The van der Waals surface area contributed by atoms with Crippen LogP contribution in [-0.4, -0.2) is 45.1 Å². The summed E-state index contributed by atoms with van der Waals surface area (Å²) in [5.74, 6) is 0.432. The summed E-state index contributed by atoms with van der Waals surface area (Å²) in [7, 11) is 2.97. The molecule has 2 aliphatic rings. The molecular formula is C17H23N5O3. The van der Waals surface area contributed by atoms with Gasteiger partial charge < -0.3 is 9.80 Å². The van der Waals surface area contributed by atoms with E-state index in [1.165, 1.54) is 11.6 Å². The molecule has 0 radical (unpaired) electrons. The van der Waals surface area contributed by atoms with Gasteiger partial charge in [0.25, 0.3) is 5.56 Å². The molecule has 3 heterocycles. The van der Waals surface area contributed by atoms with Crippen molar-refractivity contribution in [2.45, 2.75) is 44.7 Å². The van der Waals surface area contributed by atoms with Crippen molar-refractivity contribution in [2.24, 2.45) is 14.1 Å². The first-order chi connectivity index (χ1) is 11.9. The van der Waals surface area contributed by atoms with Crippen LogP contribution in [0.5, 0.6) is 0 Å². The number of anilines is 1. The summed E-state index contributed by atoms with van der Waals surface area (Å²) >= 11 is 0. The van der Waals surface area contributed by atoms with Gasteiger partial charge in [-0.05, 0) is 25.7 Å². The molecule has 0 spiro atoms. The first kappa shape index (κ1) is 17.3. The number of aromatic nitrogens is 2. The third kappa shape index (κ3) is 2.64. The van der Waals surface area contributed by atoms with E-state index in [2.05, 4.69) is 0 Å². The lowest BCUT2D eigenvalue weighted by Gasteiger charge is -2.36. The summed E-state index contributed by atoms with van der Waals surface area (Å²) in [6, 6.07) is 2.06. The zero-order valence-electron chi connectivity index (χ0n) is 14.9. The monoisotopic (exact) mass is 345 g/mol. The predicted molar refractivity (Wildman–Crippen MR) is 92.4 cm³/mol. The summed E-state index contributed by atoms with van der Waals surface area (Å²) in [4.78, 5) is 40.6. The molecule has 8 nitrogen and oxygen atoms in total. The number of hydrogen-bond donors (Lipinski definition) is 0. The molecule has 2 atom stereocenters. The number of rotatable bonds is 2. The lowest BCUT2D eigenvalue weighted by atomic mass is 10.0. The van der Waals surface area contributed by atoms with Crippen LogP contribution >= 0.6 is 0 Å². The molecule has 1 aromatic rings. The van der Waals surface area contributed by atoms with E-state index >= 15 is 0 Å². The highest BCUT2D eigenvalue weighted by molar-refractivity contribution is 5.74. The third-order valence-electron chi connectivity index (χ3n) is 5.46. The predicted octanol–water partition coefficient (Wildman–Crippen LogP) is -0.0646. The van der Waals surface area contributed by atoms with Crippen LogP contribution in [0.1, 0.15) is 38.2 Å². The molecule has 2 aliphatic heterocycles. The molecule has 0 unspecified atom stereocenters. The normalized spacial score (nSPS) is 23.1. The van der Waals surface area contributed by atoms with Crippen molar-refractivity contribution in [3.8, 4) is 6.07 Å². The van der Waals surface area contributed by atoms with Gasteiger partial charge in [0.05, 0.1) is 12.1 Å². The Bertz CT molecular complexity index is 863. The number of nitriles is 1. The fraction of sp³-hybridized carbons (Fsp3) is 0.647. The molecule has 3 rings (SSSR count). The van der Waals surface area contributed by atoms with E-state index in [4.69, 9.17) is 0 Å². The van der Waals surface area contributed by atoms with Crippen LogP contribution in [0.4, 0.5) is 5.82 Å². The highest BCUT2D eigenvalue weighted by Gasteiger charge is 2.40. The fourth-order valence-electron chi connectivity index (χ4n) is 4.31. The molecule has 0 aromatic carbocycles. The van der Waals surface area contributed by atoms with Crippen molar-refractivity contribution < 1.29 is 4.79 Å². The van der Waals surface area contributed by atoms with Crippen molar-refractivity contribution in [3.05, 3.63) is 26.4 Å². The Morgan fingerprint density at radius 2 is 1.72 bits per heavy atom. The maximum absolute atomic E-state index is 12.4. The summed E-state index contributed by atoms with van der Waals surface area (Å²) < 4.78 is 2.34. The summed E-state index contributed by atoms with van der Waals surface area (Å²) in [5, 5.41) is 9.52. The number of carbonyl (C=O) groups is 1. The smallest absolute Gasteiger partial charge is 0.332 e. The van der Waals surface area contributed by atoms with Gasteiger partial charge in [0.15, 0.2) is 5.56 Å². The molecule has 8 heteroatoms. The summed E-state index contributed by atoms with van der Waals surface area (Å²) in [6.07, 6.45) is 3.64. The van der Waals surface area contributed by atoms with Crippen molar-refractivity contribution in [1.29, 1.82) is 5.26 Å². The zero-order valence-corrected chi connectivity index (χ0v) is 14.9. The van der Waals surface area contributed by atoms with Gasteiger partial charge in [0, 0.05) is 34.1 Å². The van der Waals surface area contributed by atoms with Gasteiger partial charge in [0.1, 0.15) is 11.9 Å². The van der Waals surface area contributed by atoms with Crippen molar-refractivity contribution in [2.75, 3.05) is 18.0 Å². The van der Waals surface area contributed by atoms with Crippen LogP contribution in [0.25, 0.3) is 0 Å². The Morgan fingerprint density at radius 3 is 2.36 bits per heavy atom. The molecule has 1 aromatic heterocycles. The minimum Gasteiger partial charge on any atom is -0.352 e. The van der Waals surface area contributed by atoms with Crippen molar-refractivity contribution in [3.63, 3.8) is 0 Å². The maximum Gasteiger partial charge on any atom is 0.332 e. The molecule has 0 saturated carbocycles. The van der Waals surface area contributed by atoms with Gasteiger partial charge in [-0.1, -0.05) is 0 Å². The Balaban J connectivity index is 2.10. The quantitative estimate of drug-likeness (QED) is 0.749. The maximum atomic E-state index is 12.4. The van der Waals surface area contributed by atoms with Crippen LogP contribution in [0.2, 0.25) is 0 Å². The minimum absolute atomic E-state index is 0.0103. The second-order valence-electron chi connectivity index (χ2n) is 6.84. The lowest BCUT2D eigenvalue weighted by Crippen LogP contribution is -2.50. The number of carbonyl (C=O) groups excluding carboxylic acids is 1. The molecule has 25 heavy (non-hydrogen) atoms. The van der Waals surface area contributed by atoms with Crippen LogP contribution in [0, 0.1) is 11.3 Å². The van der Waals surface area contributed by atoms with Crippen molar-refractivity contribution >= 4 is 11.7 Å². The average Bonchev–Trinajstić information content (AvgIpc) is 3.24. The van der Waals surface area contributed by atoms with Gasteiger partial charge in [-0.25, -0.2) is 4.79 Å². The van der Waals surface area contributed by atoms with Gasteiger partial charge in [-0.3, -0.25) is 18.7 Å². The average molecular weight is 345 g/mol. The molecule has 134 valence electrons. The fourth-order valence-corrected chi connectivity index (χ4v) is 4.31. The first-order valence-electron chi connectivity index (χ1n) is 8.62. The van der Waals surface area contributed by atoms with Gasteiger partial charge in [-0.15, -0.1) is 0 Å². The second kappa shape index (κ2) is 6.39. The Labute approximate surface area is 145 Å². The van der Waals surface area contributed by atoms with Gasteiger partial charge in [0.2, 0.25) is 5.91 Å². The van der Waals surface area contributed by atoms with E-state index in [9.17, 15) is 19.6 Å². The highest BCUT2D eigenvalue weighted by Crippen LogP contribution is 2.33. The largest absolute Gasteiger partial charge is 0.352 e. The van der Waals surface area contributed by atoms with E-state index in [0.717, 1.165) is 36.8 Å². The topological polar surface area (TPSA) is 91.3 Å². The van der Waals surface area contributed by atoms with E-state index in [0.29, 0.717) is 12.4 Å². The van der Waals surface area contributed by atoms with Crippen LogP contribution in [-0.2, 0) is 18.9 Å². The number of amides is 1. The molecule has 0 N–H and O–H groups in total. The Morgan fingerprint density at radius 1 is 1.08 bits per heavy atom. The van der Waals surface area contributed by atoms with Gasteiger partial charge >= 0.3 is 5.69 Å². The molecule has 2 saturated heterocycles. The first-order valence-corrected chi connectivity index (χ1v) is 8.62. The Hall–Kier alpha value is -2.56. The van der Waals surface area contributed by atoms with E-state index in [1.807, 2.05) is 15.9 Å². The molecule has 0 bridgehead atoms. The molecule has 2 fully saturated rings. The number of likely N-dealkylation sites (tertiary alicyclic amines) is 1. The van der Waals surface area contributed by atoms with Crippen LogP contribution in [0.15, 0.2) is 9.59 Å². The zero-order chi connectivity index (χ0) is 18.3. The Kier molecular flexibility index (Phi) is 4.41. The summed E-state index contributed by atoms with van der Waals surface area (Å²) in [6.45, 7) is 2.99. The number of hydrogen-bond acceptors (Lipinski definition) is 5. The van der Waals surface area contributed by atoms with E-state index in [1.54, 1.807) is 14.0 Å². The third-order valence-corrected chi connectivity index (χ3v) is 5.46. The van der Waals surface area contributed by atoms with Gasteiger partial charge in [-0.2, -0.15) is 5.26 Å². The highest BCUT2D eigenvalue weighted by atomic mass is 16.2. The standard InChI is InChI=1S/C17H23N5O3/c1-11(23)21-8-4-6-13(21)14-7-5-9-22(14)15-12(10-18)16(24)20(3)17(25)19(15)2/h13-14H,4-9H2,1-3H3/t13-,14-/m0/s1. The number of nitrogens with zero attached hydrogens (tertiary/aromatic N) is 5. The molecular weight excluding hydrogens is 322 g/mol.